The van der Waals surface area contributed by atoms with Crippen LogP contribution in [-0.4, -0.2) is 18.7 Å². The van der Waals surface area contributed by atoms with Crippen molar-refractivity contribution in [1.29, 1.82) is 0 Å². The molecule has 122 valence electrons. The van der Waals surface area contributed by atoms with Crippen molar-refractivity contribution in [2.45, 2.75) is 6.92 Å². The Morgan fingerprint density at radius 2 is 1.83 bits per heavy atom. The van der Waals surface area contributed by atoms with Crippen LogP contribution in [0.5, 0.6) is 5.75 Å². The summed E-state index contributed by atoms with van der Waals surface area (Å²) in [6.45, 7) is 1.79. The molecule has 0 fully saturated rings. The summed E-state index contributed by atoms with van der Waals surface area (Å²) in [6, 6.07) is 12.4. The summed E-state index contributed by atoms with van der Waals surface area (Å²) in [5, 5.41) is 6.53. The first-order valence-corrected chi connectivity index (χ1v) is 7.95. The molecule has 4 nitrogen and oxygen atoms in total. The standard InChI is InChI=1S/C18H14Cl2N2O2/c1-11-17(7-12-4-3-5-16(6-12)24-2)18(23)22(21-11)15-9-13(19)8-14(20)10-15/h3-10H,1-2H3/b17-7+. The fraction of sp³-hybridized carbons (Fsp3) is 0.111. The molecule has 0 atom stereocenters. The molecule has 0 aromatic heterocycles. The van der Waals surface area contributed by atoms with Crippen LogP contribution in [0.15, 0.2) is 53.1 Å². The number of halogens is 2. The number of nitrogens with zero attached hydrogens (tertiary/aromatic N) is 2. The summed E-state index contributed by atoms with van der Waals surface area (Å²) < 4.78 is 5.21. The number of hydrazone groups is 1. The number of hydrogen-bond acceptors (Lipinski definition) is 3. The van der Waals surface area contributed by atoms with Crippen molar-refractivity contribution < 1.29 is 9.53 Å². The second-order valence-corrected chi connectivity index (χ2v) is 6.14. The Kier molecular flexibility index (Phi) is 4.60. The number of anilines is 1. The van der Waals surface area contributed by atoms with E-state index in [1.807, 2.05) is 24.3 Å². The highest BCUT2D eigenvalue weighted by Crippen LogP contribution is 2.30. The zero-order chi connectivity index (χ0) is 17.3. The van der Waals surface area contributed by atoms with Gasteiger partial charge in [-0.25, -0.2) is 0 Å². The first-order valence-electron chi connectivity index (χ1n) is 7.20. The molecule has 1 aliphatic heterocycles. The third-order valence-corrected chi connectivity index (χ3v) is 4.00. The van der Waals surface area contributed by atoms with Gasteiger partial charge in [-0.3, -0.25) is 4.79 Å². The van der Waals surface area contributed by atoms with Gasteiger partial charge in [-0.2, -0.15) is 10.1 Å². The highest BCUT2D eigenvalue weighted by Gasteiger charge is 2.29. The number of carbonyl (C=O) groups is 1. The van der Waals surface area contributed by atoms with Crippen molar-refractivity contribution in [3.8, 4) is 5.75 Å². The quantitative estimate of drug-likeness (QED) is 0.737. The Bertz CT molecular complexity index is 855. The zero-order valence-electron chi connectivity index (χ0n) is 13.1. The van der Waals surface area contributed by atoms with E-state index in [1.165, 1.54) is 5.01 Å². The SMILES string of the molecule is COc1cccc(/C=C2/C(=O)N(c3cc(Cl)cc(Cl)c3)N=C2C)c1. The van der Waals surface area contributed by atoms with E-state index in [0.29, 0.717) is 27.0 Å². The Labute approximate surface area is 149 Å². The van der Waals surface area contributed by atoms with Gasteiger partial charge in [0.1, 0.15) is 5.75 Å². The molecule has 0 unspecified atom stereocenters. The number of amides is 1. The van der Waals surface area contributed by atoms with E-state index in [2.05, 4.69) is 5.10 Å². The van der Waals surface area contributed by atoms with Crippen LogP contribution in [0.25, 0.3) is 6.08 Å². The Morgan fingerprint density at radius 1 is 1.12 bits per heavy atom. The maximum atomic E-state index is 12.7. The normalized spacial score (nSPS) is 15.8. The molecule has 1 aliphatic rings. The number of benzene rings is 2. The summed E-state index contributed by atoms with van der Waals surface area (Å²) >= 11 is 12.0. The van der Waals surface area contributed by atoms with Crippen molar-refractivity contribution in [2.75, 3.05) is 12.1 Å². The van der Waals surface area contributed by atoms with Crippen LogP contribution in [-0.2, 0) is 4.79 Å². The van der Waals surface area contributed by atoms with E-state index in [-0.39, 0.29) is 5.91 Å². The van der Waals surface area contributed by atoms with Gasteiger partial charge in [0.05, 0.1) is 24.1 Å². The number of methoxy groups -OCH3 is 1. The minimum atomic E-state index is -0.228. The molecule has 3 rings (SSSR count). The first kappa shape index (κ1) is 16.6. The Hall–Kier alpha value is -2.30. The lowest BCUT2D eigenvalue weighted by Gasteiger charge is -2.12. The lowest BCUT2D eigenvalue weighted by molar-refractivity contribution is -0.114. The highest BCUT2D eigenvalue weighted by atomic mass is 35.5. The van der Waals surface area contributed by atoms with Crippen molar-refractivity contribution in [1.82, 2.24) is 0 Å². The fourth-order valence-corrected chi connectivity index (χ4v) is 2.93. The smallest absolute Gasteiger partial charge is 0.280 e. The van der Waals surface area contributed by atoms with Gasteiger partial charge in [0.25, 0.3) is 5.91 Å². The van der Waals surface area contributed by atoms with Gasteiger partial charge in [-0.05, 0) is 48.9 Å². The monoisotopic (exact) mass is 360 g/mol. The molecule has 24 heavy (non-hydrogen) atoms. The Balaban J connectivity index is 1.96. The van der Waals surface area contributed by atoms with Crippen LogP contribution in [0, 0.1) is 0 Å². The van der Waals surface area contributed by atoms with Gasteiger partial charge in [-0.1, -0.05) is 35.3 Å². The number of carbonyl (C=O) groups excluding carboxylic acids is 1. The molecule has 0 saturated heterocycles. The van der Waals surface area contributed by atoms with E-state index in [1.54, 1.807) is 38.3 Å². The lowest BCUT2D eigenvalue weighted by Crippen LogP contribution is -2.21. The number of hydrogen-bond donors (Lipinski definition) is 0. The molecule has 0 spiro atoms. The molecule has 2 aromatic rings. The third kappa shape index (κ3) is 3.30. The van der Waals surface area contributed by atoms with Crippen LogP contribution in [0.3, 0.4) is 0 Å². The lowest BCUT2D eigenvalue weighted by atomic mass is 10.1. The largest absolute Gasteiger partial charge is 0.497 e. The minimum Gasteiger partial charge on any atom is -0.497 e. The fourth-order valence-electron chi connectivity index (χ4n) is 2.42. The van der Waals surface area contributed by atoms with E-state index in [0.717, 1.165) is 11.3 Å². The first-order chi connectivity index (χ1) is 11.5. The van der Waals surface area contributed by atoms with Crippen LogP contribution >= 0.6 is 23.2 Å². The molecule has 0 saturated carbocycles. The molecule has 0 bridgehead atoms. The van der Waals surface area contributed by atoms with Crippen molar-refractivity contribution in [3.05, 3.63) is 63.6 Å². The van der Waals surface area contributed by atoms with Crippen molar-refractivity contribution in [3.63, 3.8) is 0 Å². The molecule has 2 aromatic carbocycles. The van der Waals surface area contributed by atoms with Gasteiger partial charge in [0.15, 0.2) is 0 Å². The van der Waals surface area contributed by atoms with Crippen LogP contribution in [0.1, 0.15) is 12.5 Å². The van der Waals surface area contributed by atoms with E-state index in [9.17, 15) is 4.79 Å². The second-order valence-electron chi connectivity index (χ2n) is 5.26. The minimum absolute atomic E-state index is 0.228. The number of rotatable bonds is 3. The third-order valence-electron chi connectivity index (χ3n) is 3.56. The molecular formula is C18H14Cl2N2O2. The van der Waals surface area contributed by atoms with Crippen LogP contribution in [0.2, 0.25) is 10.0 Å². The molecule has 1 heterocycles. The zero-order valence-corrected chi connectivity index (χ0v) is 14.6. The van der Waals surface area contributed by atoms with Crippen LogP contribution < -0.4 is 9.75 Å². The summed E-state index contributed by atoms with van der Waals surface area (Å²) in [7, 11) is 1.60. The maximum absolute atomic E-state index is 12.7. The molecule has 0 N–H and O–H groups in total. The van der Waals surface area contributed by atoms with E-state index >= 15 is 0 Å². The molecule has 0 aliphatic carbocycles. The molecule has 1 amide bonds. The van der Waals surface area contributed by atoms with Crippen molar-refractivity contribution in [2.24, 2.45) is 5.10 Å². The summed E-state index contributed by atoms with van der Waals surface area (Å²) in [5.74, 6) is 0.497. The summed E-state index contributed by atoms with van der Waals surface area (Å²) in [5.41, 5.74) is 2.53. The predicted octanol–water partition coefficient (Wildman–Crippen LogP) is 4.81. The molecule has 6 heteroatoms. The average molecular weight is 361 g/mol. The maximum Gasteiger partial charge on any atom is 0.280 e. The van der Waals surface area contributed by atoms with Crippen LogP contribution in [0.4, 0.5) is 5.69 Å². The topological polar surface area (TPSA) is 41.9 Å². The Morgan fingerprint density at radius 3 is 2.50 bits per heavy atom. The average Bonchev–Trinajstić information content (AvgIpc) is 2.82. The summed E-state index contributed by atoms with van der Waals surface area (Å²) in [6.07, 6.45) is 1.79. The van der Waals surface area contributed by atoms with E-state index in [4.69, 9.17) is 27.9 Å². The van der Waals surface area contributed by atoms with Gasteiger partial charge < -0.3 is 4.74 Å². The highest BCUT2D eigenvalue weighted by molar-refractivity contribution is 6.36. The van der Waals surface area contributed by atoms with Crippen molar-refractivity contribution >= 4 is 46.6 Å². The van der Waals surface area contributed by atoms with Gasteiger partial charge in [0.2, 0.25) is 0 Å². The van der Waals surface area contributed by atoms with Gasteiger partial charge in [-0.15, -0.1) is 0 Å². The number of ether oxygens (including phenoxy) is 1. The summed E-state index contributed by atoms with van der Waals surface area (Å²) in [4.78, 5) is 12.7. The van der Waals surface area contributed by atoms with Gasteiger partial charge in [0, 0.05) is 10.0 Å². The molecular weight excluding hydrogens is 347 g/mol. The predicted molar refractivity (Wildman–Crippen MR) is 98.0 cm³/mol. The van der Waals surface area contributed by atoms with Gasteiger partial charge >= 0.3 is 0 Å². The second kappa shape index (κ2) is 6.67. The molecule has 0 radical (unpaired) electrons. The van der Waals surface area contributed by atoms with E-state index < -0.39 is 0 Å².